The van der Waals surface area contributed by atoms with E-state index in [2.05, 4.69) is 10.6 Å². The average Bonchev–Trinajstić information content (AvgIpc) is 2.88. The number of rotatable bonds is 8. The molecule has 0 aliphatic rings. The fourth-order valence-electron chi connectivity index (χ4n) is 4.21. The molecule has 0 saturated heterocycles. The maximum atomic E-state index is 14.0. The highest BCUT2D eigenvalue weighted by molar-refractivity contribution is 6.05. The van der Waals surface area contributed by atoms with Crippen molar-refractivity contribution in [2.45, 2.75) is 46.2 Å². The molecule has 6 nitrogen and oxygen atoms in total. The summed E-state index contributed by atoms with van der Waals surface area (Å²) < 4.78 is 69.6. The third kappa shape index (κ3) is 6.66. The number of alkyl halides is 5. The van der Waals surface area contributed by atoms with E-state index in [0.717, 1.165) is 24.3 Å². The van der Waals surface area contributed by atoms with Crippen LogP contribution in [0, 0.1) is 13.8 Å². The summed E-state index contributed by atoms with van der Waals surface area (Å²) in [6, 6.07) is 13.0. The van der Waals surface area contributed by atoms with Crippen LogP contribution in [0.2, 0.25) is 0 Å². The van der Waals surface area contributed by atoms with Crippen LogP contribution in [0.3, 0.4) is 0 Å². The van der Waals surface area contributed by atoms with Crippen molar-refractivity contribution < 1.29 is 36.7 Å². The Morgan fingerprint density at radius 1 is 0.900 bits per heavy atom. The van der Waals surface area contributed by atoms with Gasteiger partial charge in [-0.05, 0) is 73.4 Å². The van der Waals surface area contributed by atoms with Gasteiger partial charge in [-0.2, -0.15) is 13.2 Å². The van der Waals surface area contributed by atoms with Crippen LogP contribution < -0.4 is 16.1 Å². The van der Waals surface area contributed by atoms with Crippen molar-refractivity contribution in [1.29, 1.82) is 0 Å². The summed E-state index contributed by atoms with van der Waals surface area (Å²) in [7, 11) is 0. The molecule has 4 N–H and O–H groups in total. The zero-order valence-corrected chi connectivity index (χ0v) is 22.1. The Hall–Kier alpha value is -4.25. The summed E-state index contributed by atoms with van der Waals surface area (Å²) in [5.74, 6) is -4.92. The second-order valence-electron chi connectivity index (χ2n) is 9.18. The first-order chi connectivity index (χ1) is 18.7. The van der Waals surface area contributed by atoms with E-state index in [-0.39, 0.29) is 28.1 Å². The summed E-state index contributed by atoms with van der Waals surface area (Å²) in [5, 5.41) is 14.3. The van der Waals surface area contributed by atoms with Gasteiger partial charge in [0, 0.05) is 28.9 Å². The van der Waals surface area contributed by atoms with Crippen molar-refractivity contribution in [2.75, 3.05) is 5.32 Å². The zero-order chi connectivity index (χ0) is 29.8. The molecule has 0 bridgehead atoms. The molecule has 3 aromatic rings. The van der Waals surface area contributed by atoms with Gasteiger partial charge in [0.15, 0.2) is 0 Å². The van der Waals surface area contributed by atoms with E-state index >= 15 is 0 Å². The number of benzene rings is 3. The third-order valence-electron chi connectivity index (χ3n) is 6.34. The lowest BCUT2D eigenvalue weighted by Gasteiger charge is -2.18. The molecule has 11 heteroatoms. The molecule has 0 unspecified atom stereocenters. The van der Waals surface area contributed by atoms with Gasteiger partial charge < -0.3 is 10.6 Å². The van der Waals surface area contributed by atoms with E-state index in [1.165, 1.54) is 32.0 Å². The van der Waals surface area contributed by atoms with E-state index in [9.17, 15) is 36.7 Å². The molecule has 0 fully saturated rings. The predicted molar refractivity (Wildman–Crippen MR) is 141 cm³/mol. The van der Waals surface area contributed by atoms with Gasteiger partial charge >= 0.3 is 6.18 Å². The van der Waals surface area contributed by atoms with Crippen LogP contribution in [0.5, 0.6) is 0 Å². The Balaban J connectivity index is 1.92. The average molecular weight is 562 g/mol. The quantitative estimate of drug-likeness (QED) is 0.135. The van der Waals surface area contributed by atoms with Gasteiger partial charge in [-0.3, -0.25) is 20.3 Å². The molecule has 0 spiro atoms. The number of anilines is 1. The molecule has 212 valence electrons. The van der Waals surface area contributed by atoms with Gasteiger partial charge in [0.2, 0.25) is 0 Å². The first-order valence-electron chi connectivity index (χ1n) is 12.2. The Bertz CT molecular complexity index is 1450. The molecule has 3 rings (SSSR count). The lowest BCUT2D eigenvalue weighted by atomic mass is 9.90. The van der Waals surface area contributed by atoms with E-state index in [4.69, 9.17) is 0 Å². The molecule has 0 aliphatic heterocycles. The minimum absolute atomic E-state index is 0.0171. The van der Waals surface area contributed by atoms with Crippen molar-refractivity contribution in [1.82, 2.24) is 10.8 Å². The van der Waals surface area contributed by atoms with Crippen LogP contribution in [0.15, 0.2) is 72.1 Å². The van der Waals surface area contributed by atoms with Crippen molar-refractivity contribution >= 4 is 17.5 Å². The number of hydrogen-bond acceptors (Lipinski definition) is 4. The van der Waals surface area contributed by atoms with Crippen LogP contribution in [-0.4, -0.2) is 17.0 Å². The van der Waals surface area contributed by atoms with Crippen molar-refractivity contribution in [3.63, 3.8) is 0 Å². The summed E-state index contributed by atoms with van der Waals surface area (Å²) in [4.78, 5) is 25.8. The Morgan fingerprint density at radius 3 is 2.10 bits per heavy atom. The number of allylic oxidation sites excluding steroid dienone is 1. The number of amides is 2. The lowest BCUT2D eigenvalue weighted by Crippen LogP contribution is -2.31. The lowest BCUT2D eigenvalue weighted by molar-refractivity contribution is -0.137. The minimum atomic E-state index is -4.68. The number of hydroxylamine groups is 1. The standard InChI is InChI=1S/C29H28F5N3O3/c1-5-28(30,31)20-10-7-11-21(15-20)36-27(39)25(37-40)18(4)35-26(38)19-12-13-23(29(32,33)34)22(14-19)24-16(2)8-6-9-17(24)3/h6-15,37,40H,5H2,1-4H3,(H,35,38)(H,36,39)/b25-18-. The van der Waals surface area contributed by atoms with Crippen LogP contribution in [0.1, 0.15) is 52.9 Å². The molecule has 2 amide bonds. The highest BCUT2D eigenvalue weighted by Crippen LogP contribution is 2.40. The van der Waals surface area contributed by atoms with Crippen LogP contribution in [-0.2, 0) is 16.9 Å². The Morgan fingerprint density at radius 2 is 1.52 bits per heavy atom. The van der Waals surface area contributed by atoms with Gasteiger partial charge in [0.1, 0.15) is 5.70 Å². The number of hydrogen-bond donors (Lipinski definition) is 4. The Labute approximate surface area is 227 Å². The second kappa shape index (κ2) is 11.9. The van der Waals surface area contributed by atoms with Crippen LogP contribution >= 0.6 is 0 Å². The number of carbonyl (C=O) groups is 2. The van der Waals surface area contributed by atoms with E-state index in [1.807, 2.05) is 0 Å². The first kappa shape index (κ1) is 30.3. The van der Waals surface area contributed by atoms with Crippen molar-refractivity contribution in [3.8, 4) is 11.1 Å². The predicted octanol–water partition coefficient (Wildman–Crippen LogP) is 7.07. The van der Waals surface area contributed by atoms with Gasteiger partial charge in [0.05, 0.1) is 5.56 Å². The molecule has 0 heterocycles. The second-order valence-corrected chi connectivity index (χ2v) is 9.18. The van der Waals surface area contributed by atoms with Crippen LogP contribution in [0.4, 0.5) is 27.6 Å². The highest BCUT2D eigenvalue weighted by atomic mass is 19.4. The smallest absolute Gasteiger partial charge is 0.324 e. The first-order valence-corrected chi connectivity index (χ1v) is 12.2. The maximum absolute atomic E-state index is 14.0. The van der Waals surface area contributed by atoms with E-state index in [0.29, 0.717) is 16.7 Å². The fourth-order valence-corrected chi connectivity index (χ4v) is 4.21. The SMILES string of the molecule is CCC(F)(F)c1cccc(NC(=O)/C(NO)=C(\C)NC(=O)c2ccc(C(F)(F)F)c(-c3c(C)cccc3C)c2)c1. The molecule has 0 saturated carbocycles. The zero-order valence-electron chi connectivity index (χ0n) is 22.1. The van der Waals surface area contributed by atoms with Gasteiger partial charge in [-0.1, -0.05) is 37.3 Å². The largest absolute Gasteiger partial charge is 0.417 e. The molecule has 0 atom stereocenters. The number of halogens is 5. The van der Waals surface area contributed by atoms with Gasteiger partial charge in [-0.15, -0.1) is 0 Å². The normalized spacial score (nSPS) is 12.4. The number of carbonyl (C=O) groups excluding carboxylic acids is 2. The molecular weight excluding hydrogens is 533 g/mol. The summed E-state index contributed by atoms with van der Waals surface area (Å²) in [6.45, 7) is 5.92. The minimum Gasteiger partial charge on any atom is -0.324 e. The molecular formula is C29H28F5N3O3. The topological polar surface area (TPSA) is 90.5 Å². The molecule has 0 aliphatic carbocycles. The Kier molecular flexibility index (Phi) is 8.99. The molecule has 0 aromatic heterocycles. The fraction of sp³-hybridized carbons (Fsp3) is 0.241. The van der Waals surface area contributed by atoms with Crippen LogP contribution in [0.25, 0.3) is 11.1 Å². The van der Waals surface area contributed by atoms with Gasteiger partial charge in [-0.25, -0.2) is 8.78 Å². The summed E-state index contributed by atoms with van der Waals surface area (Å²) in [6.07, 6.45) is -5.13. The number of aryl methyl sites for hydroxylation is 2. The monoisotopic (exact) mass is 561 g/mol. The summed E-state index contributed by atoms with van der Waals surface area (Å²) >= 11 is 0. The molecule has 3 aromatic carbocycles. The van der Waals surface area contributed by atoms with E-state index in [1.54, 1.807) is 37.5 Å². The van der Waals surface area contributed by atoms with Crippen molar-refractivity contribution in [2.24, 2.45) is 0 Å². The summed E-state index contributed by atoms with van der Waals surface area (Å²) in [5.41, 5.74) is 0.975. The third-order valence-corrected chi connectivity index (χ3v) is 6.34. The molecule has 0 radical (unpaired) electrons. The highest BCUT2D eigenvalue weighted by Gasteiger charge is 2.35. The van der Waals surface area contributed by atoms with E-state index < -0.39 is 41.6 Å². The maximum Gasteiger partial charge on any atom is 0.417 e. The van der Waals surface area contributed by atoms with Gasteiger partial charge in [0.25, 0.3) is 17.7 Å². The molecule has 40 heavy (non-hydrogen) atoms. The van der Waals surface area contributed by atoms with Crippen molar-refractivity contribution in [3.05, 3.63) is 99.9 Å². The number of nitrogens with one attached hydrogen (secondary N) is 3.